The zero-order valence-electron chi connectivity index (χ0n) is 46.3. The highest BCUT2D eigenvalue weighted by Gasteiger charge is 2.46. The van der Waals surface area contributed by atoms with Gasteiger partial charge in [0.1, 0.15) is 16.7 Å². The Labute approximate surface area is 480 Å². The SMILES string of the molecule is CC1(C)C(/C=C/C=C/C=C2/N(CCCS(=O)(=O)O)c3ccc(S(=O)(=O)[O-])cc3C2(C)CCCCCC(=O)NCCCOCCOCCOCCCNC(=O)CNC(=O)CNC(=O)CN)=[N+](CCCS(=O)(=O)O)c2ccc(S(=O)(=O)O)cc21. The van der Waals surface area contributed by atoms with Gasteiger partial charge in [0, 0.05) is 80.2 Å². The summed E-state index contributed by atoms with van der Waals surface area (Å²) in [4.78, 5) is 48.3. The average molecular weight is 1230 g/mol. The number of carbonyl (C=O) groups excluding carboxylic acids is 4. The molecule has 2 aliphatic heterocycles. The van der Waals surface area contributed by atoms with Gasteiger partial charge in [-0.2, -0.15) is 29.8 Å². The molecule has 1 unspecified atom stereocenters. The maximum atomic E-state index is 12.8. The van der Waals surface area contributed by atoms with Crippen LogP contribution >= 0.6 is 0 Å². The third-order valence-corrected chi connectivity index (χ3v) is 16.7. The van der Waals surface area contributed by atoms with Crippen molar-refractivity contribution in [3.63, 3.8) is 0 Å². The first-order chi connectivity index (χ1) is 38.5. The second kappa shape index (κ2) is 32.0. The molecule has 0 saturated heterocycles. The number of fused-ring (bicyclic) bond motifs is 2. The predicted molar refractivity (Wildman–Crippen MR) is 302 cm³/mol. The Hall–Kier alpha value is -5.51. The fraction of sp³-hybridized carbons (Fsp3) is 0.558. The fourth-order valence-electron chi connectivity index (χ4n) is 9.34. The van der Waals surface area contributed by atoms with Crippen molar-refractivity contribution in [2.75, 3.05) is 102 Å². The van der Waals surface area contributed by atoms with Crippen molar-refractivity contribution in [3.05, 3.63) is 83.6 Å². The zero-order chi connectivity index (χ0) is 60.8. The first kappa shape index (κ1) is 69.0. The van der Waals surface area contributed by atoms with Crippen molar-refractivity contribution in [2.45, 2.75) is 99.2 Å². The molecule has 0 aliphatic carbocycles. The smallest absolute Gasteiger partial charge is 0.294 e. The summed E-state index contributed by atoms with van der Waals surface area (Å²) >= 11 is 0. The van der Waals surface area contributed by atoms with E-state index >= 15 is 0 Å². The Bertz CT molecular complexity index is 3150. The number of benzene rings is 2. The molecule has 0 spiro atoms. The van der Waals surface area contributed by atoms with Gasteiger partial charge in [-0.15, -0.1) is 0 Å². The molecule has 2 aromatic carbocycles. The number of hydrogen-bond acceptors (Lipinski definition) is 18. The van der Waals surface area contributed by atoms with E-state index in [0.717, 1.165) is 0 Å². The van der Waals surface area contributed by atoms with Gasteiger partial charge in [0.15, 0.2) is 5.71 Å². The molecule has 30 heteroatoms. The lowest BCUT2D eigenvalue weighted by Gasteiger charge is -2.30. The van der Waals surface area contributed by atoms with Crippen LogP contribution in [-0.4, -0.2) is 183 Å². The zero-order valence-corrected chi connectivity index (χ0v) is 49.6. The van der Waals surface area contributed by atoms with E-state index in [2.05, 4.69) is 21.3 Å². The minimum absolute atomic E-state index is 0.0180. The van der Waals surface area contributed by atoms with Crippen molar-refractivity contribution in [3.8, 4) is 0 Å². The van der Waals surface area contributed by atoms with Crippen LogP contribution in [-0.2, 0) is 84.7 Å². The van der Waals surface area contributed by atoms with Gasteiger partial charge in [0.2, 0.25) is 29.3 Å². The summed E-state index contributed by atoms with van der Waals surface area (Å²) in [6.45, 7) is 7.83. The predicted octanol–water partition coefficient (Wildman–Crippen LogP) is 1.75. The number of amides is 4. The molecule has 4 rings (SSSR count). The van der Waals surface area contributed by atoms with E-state index in [-0.39, 0.29) is 68.7 Å². The number of nitrogens with one attached hydrogen (secondary N) is 4. The third kappa shape index (κ3) is 22.6. The largest absolute Gasteiger partial charge is 0.744 e. The highest BCUT2D eigenvalue weighted by atomic mass is 32.2. The van der Waals surface area contributed by atoms with Gasteiger partial charge in [0.25, 0.3) is 30.4 Å². The van der Waals surface area contributed by atoms with Crippen molar-refractivity contribution in [1.29, 1.82) is 0 Å². The van der Waals surface area contributed by atoms with Gasteiger partial charge in [-0.25, -0.2) is 8.42 Å². The molecule has 0 aromatic heterocycles. The highest BCUT2D eigenvalue weighted by Crippen LogP contribution is 2.51. The molecule has 2 aliphatic rings. The van der Waals surface area contributed by atoms with Crippen LogP contribution in [0.1, 0.15) is 89.7 Å². The first-order valence-corrected chi connectivity index (χ1v) is 32.7. The van der Waals surface area contributed by atoms with E-state index in [9.17, 15) is 71.1 Å². The molecule has 2 aromatic rings. The minimum atomic E-state index is -4.90. The van der Waals surface area contributed by atoms with E-state index in [1.807, 2.05) is 25.7 Å². The van der Waals surface area contributed by atoms with E-state index < -0.39 is 79.5 Å². The minimum Gasteiger partial charge on any atom is -0.744 e. The number of hydrogen-bond donors (Lipinski definition) is 8. The normalized spacial score (nSPS) is 16.7. The fourth-order valence-corrected chi connectivity index (χ4v) is 11.3. The molecule has 82 heavy (non-hydrogen) atoms. The van der Waals surface area contributed by atoms with E-state index in [0.29, 0.717) is 125 Å². The maximum Gasteiger partial charge on any atom is 0.294 e. The Balaban J connectivity index is 1.30. The van der Waals surface area contributed by atoms with Gasteiger partial charge < -0.3 is 50.7 Å². The summed E-state index contributed by atoms with van der Waals surface area (Å²) in [6.07, 6.45) is 12.0. The van der Waals surface area contributed by atoms with Crippen LogP contribution in [0.2, 0.25) is 0 Å². The Morgan fingerprint density at radius 3 is 1.80 bits per heavy atom. The summed E-state index contributed by atoms with van der Waals surface area (Å²) in [5.74, 6) is -2.63. The van der Waals surface area contributed by atoms with Crippen molar-refractivity contribution < 1.29 is 89.8 Å². The van der Waals surface area contributed by atoms with Crippen LogP contribution in [0, 0.1) is 0 Å². The monoisotopic (exact) mass is 1230 g/mol. The van der Waals surface area contributed by atoms with E-state index in [1.54, 1.807) is 35.0 Å². The molecule has 2 heterocycles. The summed E-state index contributed by atoms with van der Waals surface area (Å²) in [5, 5.41) is 10.2. The second-order valence-corrected chi connectivity index (χ2v) is 26.0. The molecular weight excluding hydrogens is 1150 g/mol. The van der Waals surface area contributed by atoms with Crippen molar-refractivity contribution in [1.82, 2.24) is 21.3 Å². The number of nitrogens with zero attached hydrogens (tertiary/aromatic N) is 2. The third-order valence-electron chi connectivity index (χ3n) is 13.4. The molecule has 9 N–H and O–H groups in total. The van der Waals surface area contributed by atoms with Crippen LogP contribution in [0.15, 0.2) is 82.3 Å². The molecule has 458 valence electrons. The number of ether oxygens (including phenoxy) is 3. The number of anilines is 1. The lowest BCUT2D eigenvalue weighted by atomic mass is 9.77. The van der Waals surface area contributed by atoms with Crippen LogP contribution in [0.5, 0.6) is 0 Å². The lowest BCUT2D eigenvalue weighted by molar-refractivity contribution is -0.437. The van der Waals surface area contributed by atoms with Gasteiger partial charge in [-0.05, 0) is 94.8 Å². The lowest BCUT2D eigenvalue weighted by Crippen LogP contribution is -2.43. The summed E-state index contributed by atoms with van der Waals surface area (Å²) in [5.41, 5.74) is 6.72. The van der Waals surface area contributed by atoms with Gasteiger partial charge in [-0.1, -0.05) is 31.1 Å². The summed E-state index contributed by atoms with van der Waals surface area (Å²) in [6, 6.07) is 8.09. The highest BCUT2D eigenvalue weighted by molar-refractivity contribution is 7.86. The van der Waals surface area contributed by atoms with Gasteiger partial charge >= 0.3 is 0 Å². The second-order valence-electron chi connectivity index (χ2n) is 20.1. The Kier molecular flexibility index (Phi) is 26.9. The molecule has 0 saturated carbocycles. The molecule has 26 nitrogen and oxygen atoms in total. The van der Waals surface area contributed by atoms with Crippen LogP contribution in [0.3, 0.4) is 0 Å². The first-order valence-electron chi connectivity index (χ1n) is 26.6. The van der Waals surface area contributed by atoms with Crippen LogP contribution in [0.4, 0.5) is 11.4 Å². The quantitative estimate of drug-likeness (QED) is 0.0205. The summed E-state index contributed by atoms with van der Waals surface area (Å²) < 4.78 is 155. The molecule has 0 radical (unpaired) electrons. The van der Waals surface area contributed by atoms with E-state index in [4.69, 9.17) is 19.9 Å². The standard InChI is InChI=1S/C52H77N7O19S4/c1-51(2)41-34-39(81(70,71)72)17-19-43(41)58(24-12-32-79(64,65)66)45(51)14-6-4-7-15-46-52(3,42-35-40(82(73,74)75)18-20-44(42)59(46)25-13-33-80(67,68)69)21-9-5-8-16-47(60)54-22-10-26-76-28-30-78-31-29-77-27-11-23-55-49(62)37-57-50(63)38-56-48(61)36-53/h4,6-7,14-15,17-20,34-35H,5,8-13,16,21-33,36-38,53H2,1-3H3,(H7-,54,55,56,57,60,61,62,63,64,65,66,67,68,69,70,71,72,73,74,75). The number of unbranched alkanes of at least 4 members (excludes halogenated alkanes) is 2. The Morgan fingerprint density at radius 1 is 0.646 bits per heavy atom. The van der Waals surface area contributed by atoms with Crippen molar-refractivity contribution in [2.24, 2.45) is 5.73 Å². The molecule has 4 amide bonds. The molecule has 0 bridgehead atoms. The van der Waals surface area contributed by atoms with Crippen LogP contribution < -0.4 is 31.9 Å². The molecule has 0 fully saturated rings. The van der Waals surface area contributed by atoms with Gasteiger partial charge in [-0.3, -0.25) is 32.8 Å². The maximum absolute atomic E-state index is 12.8. The van der Waals surface area contributed by atoms with Crippen LogP contribution in [0.25, 0.3) is 0 Å². The number of carbonyl (C=O) groups is 4. The average Bonchev–Trinajstić information content (AvgIpc) is 3.09. The van der Waals surface area contributed by atoms with E-state index in [1.165, 1.54) is 36.4 Å². The van der Waals surface area contributed by atoms with Gasteiger partial charge in [0.05, 0.1) is 72.8 Å². The number of allylic oxidation sites excluding steroid dienone is 6. The Morgan fingerprint density at radius 2 is 1.21 bits per heavy atom. The number of nitrogens with two attached hydrogens (primary N) is 1. The molecular formula is C52H77N7O19S4. The van der Waals surface area contributed by atoms with Crippen molar-refractivity contribution >= 4 is 81.2 Å². The number of rotatable bonds is 38. The molecule has 1 atom stereocenters. The summed E-state index contributed by atoms with van der Waals surface area (Å²) in [7, 11) is -18.1. The topological polar surface area (TPSA) is 397 Å².